The molecule has 0 aromatic rings. The number of rotatable bonds is 19. The topological polar surface area (TPSA) is 37.3 Å². The van der Waals surface area contributed by atoms with Gasteiger partial charge in [0, 0.05) is 0 Å². The SMILES string of the molecule is CCCCC(CCCC)C(P)(CCCC)CCCC.CCCCCC(CC)C(=O)O. The van der Waals surface area contributed by atoms with Gasteiger partial charge in [-0.1, -0.05) is 112 Å². The molecular weight excluding hydrogens is 387 g/mol. The third-order valence-corrected chi connectivity index (χ3v) is 7.66. The van der Waals surface area contributed by atoms with E-state index < -0.39 is 5.97 Å². The van der Waals surface area contributed by atoms with E-state index in [1.807, 2.05) is 6.92 Å². The minimum Gasteiger partial charge on any atom is -0.481 e. The lowest BCUT2D eigenvalue weighted by molar-refractivity contribution is -0.142. The molecule has 0 rings (SSSR count). The van der Waals surface area contributed by atoms with Crippen molar-refractivity contribution in [3.63, 3.8) is 0 Å². The molecule has 0 bridgehead atoms. The van der Waals surface area contributed by atoms with Crippen molar-refractivity contribution >= 4 is 15.2 Å². The van der Waals surface area contributed by atoms with Gasteiger partial charge in [-0.2, -0.15) is 0 Å². The molecule has 0 spiro atoms. The Morgan fingerprint density at radius 1 is 0.700 bits per heavy atom. The molecule has 0 aromatic carbocycles. The summed E-state index contributed by atoms with van der Waals surface area (Å²) >= 11 is 0. The molecule has 0 fully saturated rings. The molecule has 0 heterocycles. The van der Waals surface area contributed by atoms with Crippen molar-refractivity contribution in [3.8, 4) is 0 Å². The van der Waals surface area contributed by atoms with Crippen LogP contribution >= 0.6 is 9.24 Å². The van der Waals surface area contributed by atoms with Gasteiger partial charge in [0.25, 0.3) is 0 Å². The summed E-state index contributed by atoms with van der Waals surface area (Å²) in [7, 11) is 3.32. The number of unbranched alkanes of at least 4 members (excludes halogenated alkanes) is 6. The van der Waals surface area contributed by atoms with Gasteiger partial charge in [-0.05, 0) is 49.6 Å². The number of carboxylic acid groups (broad SMARTS) is 1. The van der Waals surface area contributed by atoms with E-state index in [-0.39, 0.29) is 5.92 Å². The third-order valence-electron chi connectivity index (χ3n) is 6.62. The normalized spacial score (nSPS) is 12.5. The highest BCUT2D eigenvalue weighted by molar-refractivity contribution is 7.19. The first-order valence-electron chi connectivity index (χ1n) is 13.4. The summed E-state index contributed by atoms with van der Waals surface area (Å²) in [5.74, 6) is 0.195. The summed E-state index contributed by atoms with van der Waals surface area (Å²) in [6.45, 7) is 13.4. The lowest BCUT2D eigenvalue weighted by Gasteiger charge is -2.38. The Hall–Kier alpha value is -0.100. The highest BCUT2D eigenvalue weighted by Gasteiger charge is 2.32. The fourth-order valence-corrected chi connectivity index (χ4v) is 5.05. The van der Waals surface area contributed by atoms with Crippen LogP contribution in [0.2, 0.25) is 0 Å². The number of hydrogen-bond acceptors (Lipinski definition) is 1. The molecule has 3 heteroatoms. The summed E-state index contributed by atoms with van der Waals surface area (Å²) in [5, 5.41) is 9.21. The molecule has 2 nitrogen and oxygen atoms in total. The molecule has 0 amide bonds. The monoisotopic (exact) mass is 444 g/mol. The largest absolute Gasteiger partial charge is 0.481 e. The van der Waals surface area contributed by atoms with E-state index in [1.54, 1.807) is 0 Å². The molecule has 0 saturated carbocycles. The maximum Gasteiger partial charge on any atom is 0.306 e. The molecule has 0 aliphatic carbocycles. The van der Waals surface area contributed by atoms with Gasteiger partial charge in [0.15, 0.2) is 0 Å². The summed E-state index contributed by atoms with van der Waals surface area (Å²) in [5.41, 5.74) is 0. The van der Waals surface area contributed by atoms with Crippen LogP contribution in [0.1, 0.15) is 151 Å². The minimum absolute atomic E-state index is 0.110. The van der Waals surface area contributed by atoms with Crippen molar-refractivity contribution in [2.45, 2.75) is 156 Å². The summed E-state index contributed by atoms with van der Waals surface area (Å²) in [4.78, 5) is 10.5. The predicted octanol–water partition coefficient (Wildman–Crippen LogP) is 9.65. The van der Waals surface area contributed by atoms with Crippen molar-refractivity contribution in [1.82, 2.24) is 0 Å². The lowest BCUT2D eigenvalue weighted by Crippen LogP contribution is -2.32. The van der Waals surface area contributed by atoms with Crippen LogP contribution in [0.4, 0.5) is 0 Å². The zero-order valence-corrected chi connectivity index (χ0v) is 22.8. The Morgan fingerprint density at radius 3 is 1.47 bits per heavy atom. The second kappa shape index (κ2) is 22.1. The smallest absolute Gasteiger partial charge is 0.306 e. The second-order valence-corrected chi connectivity index (χ2v) is 10.5. The Bertz CT molecular complexity index is 354. The average Bonchev–Trinajstić information content (AvgIpc) is 2.74. The Morgan fingerprint density at radius 2 is 1.13 bits per heavy atom. The van der Waals surface area contributed by atoms with E-state index >= 15 is 0 Å². The number of hydrogen-bond donors (Lipinski definition) is 1. The molecule has 0 aliphatic rings. The van der Waals surface area contributed by atoms with Crippen LogP contribution in [0, 0.1) is 11.8 Å². The standard InChI is InChI=1S/C18H39P.C9H18O2/c1-5-9-13-17(14-10-6-2)18(19,15-11-7-3)16-12-8-4;1-3-5-6-7-8(4-2)9(10)11/h17H,5-16,19H2,1-4H3;8H,3-7H2,1-2H3,(H,10,11). The van der Waals surface area contributed by atoms with Gasteiger partial charge < -0.3 is 5.11 Å². The van der Waals surface area contributed by atoms with E-state index in [0.717, 1.165) is 38.0 Å². The first-order chi connectivity index (χ1) is 14.4. The first-order valence-corrected chi connectivity index (χ1v) is 14.0. The Balaban J connectivity index is 0. The van der Waals surface area contributed by atoms with Gasteiger partial charge in [-0.3, -0.25) is 4.79 Å². The van der Waals surface area contributed by atoms with E-state index in [2.05, 4.69) is 43.9 Å². The summed E-state index contributed by atoms with van der Waals surface area (Å²) in [6, 6.07) is 0. The Labute approximate surface area is 193 Å². The molecule has 2 atom stereocenters. The Kier molecular flexibility index (Phi) is 23.6. The maximum absolute atomic E-state index is 10.5. The van der Waals surface area contributed by atoms with Crippen LogP contribution in [-0.2, 0) is 4.79 Å². The molecular formula is C27H57O2P. The maximum atomic E-state index is 10.5. The van der Waals surface area contributed by atoms with Gasteiger partial charge >= 0.3 is 5.97 Å². The van der Waals surface area contributed by atoms with Gasteiger partial charge in [0.05, 0.1) is 5.92 Å². The van der Waals surface area contributed by atoms with Crippen molar-refractivity contribution < 1.29 is 9.90 Å². The quantitative estimate of drug-likeness (QED) is 0.159. The van der Waals surface area contributed by atoms with E-state index in [9.17, 15) is 4.79 Å². The zero-order valence-electron chi connectivity index (χ0n) is 21.6. The molecule has 0 radical (unpaired) electrons. The zero-order chi connectivity index (χ0) is 23.3. The van der Waals surface area contributed by atoms with Crippen molar-refractivity contribution in [2.75, 3.05) is 0 Å². The van der Waals surface area contributed by atoms with Crippen molar-refractivity contribution in [1.29, 1.82) is 0 Å². The van der Waals surface area contributed by atoms with Gasteiger partial charge in [0.1, 0.15) is 0 Å². The molecule has 0 aromatic heterocycles. The van der Waals surface area contributed by atoms with E-state index in [1.165, 1.54) is 77.0 Å². The third kappa shape index (κ3) is 16.6. The second-order valence-electron chi connectivity index (χ2n) is 9.36. The predicted molar refractivity (Wildman–Crippen MR) is 140 cm³/mol. The van der Waals surface area contributed by atoms with Gasteiger partial charge in [-0.25, -0.2) is 0 Å². The van der Waals surface area contributed by atoms with Crippen molar-refractivity contribution in [3.05, 3.63) is 0 Å². The van der Waals surface area contributed by atoms with E-state index in [4.69, 9.17) is 5.11 Å². The van der Waals surface area contributed by atoms with Crippen LogP contribution in [0.25, 0.3) is 0 Å². The van der Waals surface area contributed by atoms with Crippen LogP contribution in [0.5, 0.6) is 0 Å². The van der Waals surface area contributed by atoms with Gasteiger partial charge in [0.2, 0.25) is 0 Å². The summed E-state index contributed by atoms with van der Waals surface area (Å²) in [6.07, 6.45) is 21.8. The number of carbonyl (C=O) groups is 1. The molecule has 1 N–H and O–H groups in total. The number of carboxylic acids is 1. The molecule has 0 aliphatic heterocycles. The fourth-order valence-electron chi connectivity index (χ4n) is 4.31. The van der Waals surface area contributed by atoms with Crippen molar-refractivity contribution in [2.24, 2.45) is 11.8 Å². The minimum atomic E-state index is -0.636. The van der Waals surface area contributed by atoms with Crippen LogP contribution in [0.15, 0.2) is 0 Å². The molecule has 0 saturated heterocycles. The highest BCUT2D eigenvalue weighted by Crippen LogP contribution is 2.43. The van der Waals surface area contributed by atoms with Crippen LogP contribution in [0.3, 0.4) is 0 Å². The van der Waals surface area contributed by atoms with Crippen LogP contribution < -0.4 is 0 Å². The highest BCUT2D eigenvalue weighted by atomic mass is 31.0. The lowest BCUT2D eigenvalue weighted by atomic mass is 9.77. The molecule has 182 valence electrons. The average molecular weight is 445 g/mol. The molecule has 2 unspecified atom stereocenters. The first kappa shape index (κ1) is 32.1. The van der Waals surface area contributed by atoms with Crippen LogP contribution in [-0.4, -0.2) is 16.2 Å². The van der Waals surface area contributed by atoms with Gasteiger partial charge in [-0.15, -0.1) is 9.24 Å². The molecule has 30 heavy (non-hydrogen) atoms. The number of aliphatic carboxylic acids is 1. The summed E-state index contributed by atoms with van der Waals surface area (Å²) < 4.78 is 0. The fraction of sp³-hybridized carbons (Fsp3) is 0.963. The van der Waals surface area contributed by atoms with E-state index in [0.29, 0.717) is 5.16 Å².